The van der Waals surface area contributed by atoms with Gasteiger partial charge in [-0.15, -0.1) is 0 Å². The predicted octanol–water partition coefficient (Wildman–Crippen LogP) is 1.29. The van der Waals surface area contributed by atoms with E-state index in [2.05, 4.69) is 15.0 Å². The topological polar surface area (TPSA) is 170 Å². The first kappa shape index (κ1) is 26.2. The highest BCUT2D eigenvalue weighted by atomic mass is 16.6. The maximum Gasteiger partial charge on any atom is 0.344 e. The van der Waals surface area contributed by atoms with Crippen molar-refractivity contribution < 1.29 is 33.3 Å². The van der Waals surface area contributed by atoms with Crippen LogP contribution in [-0.4, -0.2) is 64.0 Å². The lowest BCUT2D eigenvalue weighted by Gasteiger charge is -2.18. The number of nitrogen functional groups attached to an aromatic ring is 1. The number of carbonyl (C=O) groups is 2. The van der Waals surface area contributed by atoms with Crippen LogP contribution in [0.1, 0.15) is 0 Å². The molecule has 0 saturated carbocycles. The number of fused-ring (bicyclic) bond motifs is 1. The number of para-hydroxylation sites is 2. The Morgan fingerprint density at radius 3 is 2.21 bits per heavy atom. The Morgan fingerprint density at radius 1 is 0.921 bits per heavy atom. The van der Waals surface area contributed by atoms with Crippen molar-refractivity contribution in [1.82, 2.24) is 19.5 Å². The lowest BCUT2D eigenvalue weighted by Crippen LogP contribution is -2.32. The summed E-state index contributed by atoms with van der Waals surface area (Å²) in [5, 5.41) is 0. The van der Waals surface area contributed by atoms with E-state index in [4.69, 9.17) is 29.4 Å². The first-order valence-corrected chi connectivity index (χ1v) is 11.5. The van der Waals surface area contributed by atoms with Crippen molar-refractivity contribution in [2.75, 3.05) is 32.2 Å². The van der Waals surface area contributed by atoms with Crippen LogP contribution in [0, 0.1) is 0 Å². The maximum absolute atomic E-state index is 12.4. The fourth-order valence-electron chi connectivity index (χ4n) is 3.23. The average Bonchev–Trinajstić information content (AvgIpc) is 3.33. The summed E-state index contributed by atoms with van der Waals surface area (Å²) in [6.07, 6.45) is 0.404. The Labute approximate surface area is 216 Å². The van der Waals surface area contributed by atoms with Gasteiger partial charge in [0.15, 0.2) is 30.5 Å². The molecule has 2 heterocycles. The van der Waals surface area contributed by atoms with Gasteiger partial charge in [-0.05, 0) is 24.3 Å². The standard InChI is InChI=1S/C25H25N5O8/c26-25-28-23-22(24(33)29-25)27-15-30(23)16-34-11-19(38-21(32)14-36-18-9-5-2-6-10-18)12-37-20(31)13-35-17-7-3-1-4-8-17/h1-10,15,19H,11-14,16H2,(H3,26,28,29,33)/t19-/m0/s1. The Hall–Kier alpha value is -4.91. The van der Waals surface area contributed by atoms with Crippen molar-refractivity contribution in [3.8, 4) is 11.5 Å². The predicted molar refractivity (Wildman–Crippen MR) is 133 cm³/mol. The summed E-state index contributed by atoms with van der Waals surface area (Å²) in [5.74, 6) is -0.410. The number of ether oxygens (including phenoxy) is 5. The third-order valence-corrected chi connectivity index (χ3v) is 4.96. The summed E-state index contributed by atoms with van der Waals surface area (Å²) < 4.78 is 28.5. The quantitative estimate of drug-likeness (QED) is 0.242. The first-order valence-electron chi connectivity index (χ1n) is 11.5. The number of aromatic nitrogens is 4. The van der Waals surface area contributed by atoms with E-state index in [1.165, 1.54) is 10.9 Å². The number of hydrogen-bond acceptors (Lipinski definition) is 11. The Morgan fingerprint density at radius 2 is 1.55 bits per heavy atom. The van der Waals surface area contributed by atoms with Gasteiger partial charge in [-0.1, -0.05) is 36.4 Å². The lowest BCUT2D eigenvalue weighted by molar-refractivity contribution is -0.166. The number of nitrogens with zero attached hydrogens (tertiary/aromatic N) is 3. The number of nitrogens with one attached hydrogen (secondary N) is 1. The van der Waals surface area contributed by atoms with E-state index in [1.807, 2.05) is 12.1 Å². The van der Waals surface area contributed by atoms with Gasteiger partial charge in [-0.3, -0.25) is 14.3 Å². The molecule has 0 aliphatic rings. The third-order valence-electron chi connectivity index (χ3n) is 4.96. The monoisotopic (exact) mass is 523 g/mol. The van der Waals surface area contributed by atoms with Crippen LogP contribution in [-0.2, 0) is 30.5 Å². The molecular formula is C25H25N5O8. The second kappa shape index (κ2) is 12.9. The molecule has 3 N–H and O–H groups in total. The van der Waals surface area contributed by atoms with Crippen LogP contribution in [0.3, 0.4) is 0 Å². The van der Waals surface area contributed by atoms with Crippen molar-refractivity contribution in [3.05, 3.63) is 77.3 Å². The van der Waals surface area contributed by atoms with Crippen LogP contribution in [0.15, 0.2) is 71.8 Å². The van der Waals surface area contributed by atoms with Gasteiger partial charge < -0.3 is 29.4 Å². The van der Waals surface area contributed by atoms with E-state index in [0.29, 0.717) is 11.5 Å². The van der Waals surface area contributed by atoms with Gasteiger partial charge in [0.1, 0.15) is 24.8 Å². The molecule has 1 atom stereocenters. The minimum absolute atomic E-state index is 0.0703. The minimum Gasteiger partial charge on any atom is -0.482 e. The van der Waals surface area contributed by atoms with Crippen molar-refractivity contribution in [2.45, 2.75) is 12.8 Å². The summed E-state index contributed by atoms with van der Waals surface area (Å²) in [4.78, 5) is 46.9. The molecule has 0 amide bonds. The molecule has 0 radical (unpaired) electrons. The summed E-state index contributed by atoms with van der Waals surface area (Å²) in [7, 11) is 0. The highest BCUT2D eigenvalue weighted by Crippen LogP contribution is 2.10. The average molecular weight is 524 g/mol. The zero-order chi connectivity index (χ0) is 26.7. The lowest BCUT2D eigenvalue weighted by atomic mass is 10.3. The zero-order valence-electron chi connectivity index (χ0n) is 20.1. The third kappa shape index (κ3) is 7.54. The maximum atomic E-state index is 12.4. The first-order chi connectivity index (χ1) is 18.5. The number of imidazole rings is 1. The number of rotatable bonds is 13. The molecule has 0 bridgehead atoms. The minimum atomic E-state index is -0.959. The number of H-pyrrole nitrogens is 1. The van der Waals surface area contributed by atoms with E-state index < -0.39 is 23.6 Å². The molecule has 198 valence electrons. The number of benzene rings is 2. The highest BCUT2D eigenvalue weighted by molar-refractivity contribution is 5.72. The van der Waals surface area contributed by atoms with Gasteiger partial charge in [-0.2, -0.15) is 4.98 Å². The van der Waals surface area contributed by atoms with Gasteiger partial charge in [0, 0.05) is 0 Å². The number of esters is 2. The van der Waals surface area contributed by atoms with Crippen molar-refractivity contribution in [3.63, 3.8) is 0 Å². The number of hydrogen-bond donors (Lipinski definition) is 2. The molecule has 0 aliphatic heterocycles. The van der Waals surface area contributed by atoms with Crippen LogP contribution >= 0.6 is 0 Å². The number of anilines is 1. The van der Waals surface area contributed by atoms with Crippen molar-refractivity contribution in [1.29, 1.82) is 0 Å². The van der Waals surface area contributed by atoms with Gasteiger partial charge in [-0.25, -0.2) is 14.6 Å². The van der Waals surface area contributed by atoms with Crippen LogP contribution < -0.4 is 20.8 Å². The second-order valence-corrected chi connectivity index (χ2v) is 7.84. The highest BCUT2D eigenvalue weighted by Gasteiger charge is 2.19. The van der Waals surface area contributed by atoms with Crippen LogP contribution in [0.25, 0.3) is 11.2 Å². The van der Waals surface area contributed by atoms with Crippen LogP contribution in [0.2, 0.25) is 0 Å². The summed E-state index contributed by atoms with van der Waals surface area (Å²) in [5.41, 5.74) is 5.44. The molecule has 4 rings (SSSR count). The van der Waals surface area contributed by atoms with Crippen LogP contribution in [0.4, 0.5) is 5.95 Å². The molecule has 4 aromatic rings. The summed E-state index contributed by atoms with van der Waals surface area (Å²) in [6.45, 7) is -1.22. The summed E-state index contributed by atoms with van der Waals surface area (Å²) >= 11 is 0. The Bertz CT molecular complexity index is 1410. The van der Waals surface area contributed by atoms with Crippen molar-refractivity contribution >= 4 is 29.1 Å². The largest absolute Gasteiger partial charge is 0.482 e. The molecule has 2 aromatic carbocycles. The van der Waals surface area contributed by atoms with Crippen molar-refractivity contribution in [2.24, 2.45) is 0 Å². The molecule has 0 fully saturated rings. The zero-order valence-corrected chi connectivity index (χ0v) is 20.1. The van der Waals surface area contributed by atoms with Gasteiger partial charge in [0.2, 0.25) is 5.95 Å². The smallest absolute Gasteiger partial charge is 0.344 e. The number of carbonyl (C=O) groups excluding carboxylic acids is 2. The van der Waals surface area contributed by atoms with Gasteiger partial charge in [0.05, 0.1) is 12.9 Å². The second-order valence-electron chi connectivity index (χ2n) is 7.84. The summed E-state index contributed by atoms with van der Waals surface area (Å²) in [6, 6.07) is 17.5. The molecule has 2 aromatic heterocycles. The molecular weight excluding hydrogens is 498 g/mol. The van der Waals surface area contributed by atoms with E-state index in [-0.39, 0.29) is 50.3 Å². The number of aromatic amines is 1. The molecule has 0 saturated heterocycles. The van der Waals surface area contributed by atoms with E-state index in [1.54, 1.807) is 48.5 Å². The normalized spacial score (nSPS) is 11.6. The van der Waals surface area contributed by atoms with Gasteiger partial charge >= 0.3 is 11.9 Å². The molecule has 0 aliphatic carbocycles. The molecule has 0 spiro atoms. The number of nitrogens with two attached hydrogens (primary N) is 1. The SMILES string of the molecule is Nc1nc2c(ncn2COC[C@@H](COC(=O)COc2ccccc2)OC(=O)COc2ccccc2)c(=O)[nH]1. The Kier molecular flexibility index (Phi) is 8.86. The fraction of sp³-hybridized carbons (Fsp3) is 0.240. The van der Waals surface area contributed by atoms with Gasteiger partial charge in [0.25, 0.3) is 5.56 Å². The van der Waals surface area contributed by atoms with E-state index in [9.17, 15) is 14.4 Å². The van der Waals surface area contributed by atoms with Crippen LogP contribution in [0.5, 0.6) is 11.5 Å². The molecule has 0 unspecified atom stereocenters. The fourth-order valence-corrected chi connectivity index (χ4v) is 3.23. The molecule has 13 nitrogen and oxygen atoms in total. The molecule has 13 heteroatoms. The van der Waals surface area contributed by atoms with E-state index >= 15 is 0 Å². The molecule has 38 heavy (non-hydrogen) atoms. The Balaban J connectivity index is 1.32. The van der Waals surface area contributed by atoms with E-state index in [0.717, 1.165) is 0 Å².